The second-order valence-electron chi connectivity index (χ2n) is 6.23. The number of benzene rings is 1. The van der Waals surface area contributed by atoms with Crippen LogP contribution < -0.4 is 5.32 Å². The maximum absolute atomic E-state index is 12.9. The predicted octanol–water partition coefficient (Wildman–Crippen LogP) is 2.95. The number of carbonyl (C=O) groups excluding carboxylic acids is 1. The van der Waals surface area contributed by atoms with Gasteiger partial charge in [0.15, 0.2) is 0 Å². The molecule has 1 N–H and O–H groups in total. The Hall–Kier alpha value is -1.42. The highest BCUT2D eigenvalue weighted by molar-refractivity contribution is 5.78. The molecule has 0 radical (unpaired) electrons. The second-order valence-corrected chi connectivity index (χ2v) is 6.23. The fraction of sp³-hybridized carbons (Fsp3) is 0.588. The summed E-state index contributed by atoms with van der Waals surface area (Å²) >= 11 is 0. The van der Waals surface area contributed by atoms with Crippen molar-refractivity contribution in [1.82, 2.24) is 10.2 Å². The van der Waals surface area contributed by atoms with Gasteiger partial charge in [0.2, 0.25) is 5.91 Å². The summed E-state index contributed by atoms with van der Waals surface area (Å²) in [5.74, 6) is 0.425. The molecule has 0 heterocycles. The van der Waals surface area contributed by atoms with E-state index in [0.717, 1.165) is 12.0 Å². The van der Waals surface area contributed by atoms with Gasteiger partial charge in [0.05, 0.1) is 6.54 Å². The Kier molecular flexibility index (Phi) is 5.74. The van der Waals surface area contributed by atoms with Crippen LogP contribution in [0.25, 0.3) is 0 Å². The molecule has 0 bridgehead atoms. The summed E-state index contributed by atoms with van der Waals surface area (Å²) in [6.45, 7) is 3.24. The van der Waals surface area contributed by atoms with E-state index in [4.69, 9.17) is 0 Å². The van der Waals surface area contributed by atoms with Gasteiger partial charge in [-0.25, -0.2) is 4.39 Å². The summed E-state index contributed by atoms with van der Waals surface area (Å²) < 4.78 is 12.9. The first-order chi connectivity index (χ1) is 10.0. The number of nitrogens with zero attached hydrogens (tertiary/aromatic N) is 1. The Morgan fingerprint density at radius 1 is 1.29 bits per heavy atom. The highest BCUT2D eigenvalue weighted by Crippen LogP contribution is 2.23. The Bertz CT molecular complexity index is 460. The third-order valence-electron chi connectivity index (χ3n) is 4.24. The van der Waals surface area contributed by atoms with Crippen molar-refractivity contribution in [1.29, 1.82) is 0 Å². The van der Waals surface area contributed by atoms with Crippen LogP contribution in [0.1, 0.15) is 38.2 Å². The van der Waals surface area contributed by atoms with E-state index in [-0.39, 0.29) is 11.7 Å². The molecule has 4 heteroatoms. The molecule has 2 rings (SSSR count). The van der Waals surface area contributed by atoms with E-state index < -0.39 is 0 Å². The number of amides is 1. The number of hydrogen-bond acceptors (Lipinski definition) is 2. The molecule has 0 saturated heterocycles. The summed E-state index contributed by atoms with van der Waals surface area (Å²) in [6.07, 6.45) is 4.78. The fourth-order valence-electron chi connectivity index (χ4n) is 2.99. The molecule has 116 valence electrons. The lowest BCUT2D eigenvalue weighted by atomic mass is 9.86. The molecule has 0 aromatic heterocycles. The van der Waals surface area contributed by atoms with Gasteiger partial charge in [-0.05, 0) is 43.5 Å². The Morgan fingerprint density at radius 3 is 2.62 bits per heavy atom. The molecule has 1 saturated carbocycles. The highest BCUT2D eigenvalue weighted by atomic mass is 19.1. The monoisotopic (exact) mass is 292 g/mol. The third-order valence-corrected chi connectivity index (χ3v) is 4.24. The number of nitrogens with one attached hydrogen (secondary N) is 1. The first-order valence-electron chi connectivity index (χ1n) is 7.77. The molecular formula is C17H25FN2O. The van der Waals surface area contributed by atoms with Crippen molar-refractivity contribution in [3.63, 3.8) is 0 Å². The molecule has 1 aliphatic carbocycles. The minimum Gasteiger partial charge on any atom is -0.352 e. The summed E-state index contributed by atoms with van der Waals surface area (Å²) in [5.41, 5.74) is 1.01. The molecule has 2 atom stereocenters. The Balaban J connectivity index is 1.77. The summed E-state index contributed by atoms with van der Waals surface area (Å²) in [6, 6.07) is 6.74. The Morgan fingerprint density at radius 2 is 1.95 bits per heavy atom. The van der Waals surface area contributed by atoms with Crippen LogP contribution in [0.2, 0.25) is 0 Å². The van der Waals surface area contributed by atoms with E-state index in [1.807, 2.05) is 11.9 Å². The van der Waals surface area contributed by atoms with Crippen LogP contribution in [0.5, 0.6) is 0 Å². The zero-order valence-corrected chi connectivity index (χ0v) is 12.9. The smallest absolute Gasteiger partial charge is 0.234 e. The van der Waals surface area contributed by atoms with Crippen LogP contribution in [0.3, 0.4) is 0 Å². The van der Waals surface area contributed by atoms with Gasteiger partial charge in [-0.15, -0.1) is 0 Å². The first-order valence-corrected chi connectivity index (χ1v) is 7.77. The van der Waals surface area contributed by atoms with Crippen LogP contribution in [0, 0.1) is 11.7 Å². The number of rotatable bonds is 5. The molecule has 3 nitrogen and oxygen atoms in total. The third kappa shape index (κ3) is 5.12. The zero-order chi connectivity index (χ0) is 15.2. The van der Waals surface area contributed by atoms with Gasteiger partial charge in [-0.2, -0.15) is 0 Å². The standard InChI is InChI=1S/C17H25FN2O/c1-13-5-3-4-6-16(13)19-17(21)12-20(2)11-14-7-9-15(18)10-8-14/h7-10,13,16H,3-6,11-12H2,1-2H3,(H,19,21)/t13-,16-/m1/s1. The molecule has 1 aromatic carbocycles. The Labute approximate surface area is 126 Å². The van der Waals surface area contributed by atoms with Gasteiger partial charge in [0.1, 0.15) is 5.82 Å². The van der Waals surface area contributed by atoms with Crippen LogP contribution in [0.15, 0.2) is 24.3 Å². The van der Waals surface area contributed by atoms with Gasteiger partial charge < -0.3 is 5.32 Å². The van der Waals surface area contributed by atoms with Gasteiger partial charge >= 0.3 is 0 Å². The van der Waals surface area contributed by atoms with E-state index in [2.05, 4.69) is 12.2 Å². The van der Waals surface area contributed by atoms with Gasteiger partial charge in [0, 0.05) is 12.6 Å². The van der Waals surface area contributed by atoms with Crippen LogP contribution in [-0.2, 0) is 11.3 Å². The van der Waals surface area contributed by atoms with E-state index in [9.17, 15) is 9.18 Å². The van der Waals surface area contributed by atoms with Crippen molar-refractivity contribution >= 4 is 5.91 Å². The quantitative estimate of drug-likeness (QED) is 0.905. The lowest BCUT2D eigenvalue weighted by molar-refractivity contribution is -0.123. The molecule has 0 spiro atoms. The lowest BCUT2D eigenvalue weighted by Crippen LogP contribution is -2.44. The molecule has 1 aromatic rings. The number of hydrogen-bond donors (Lipinski definition) is 1. The van der Waals surface area contributed by atoms with E-state index in [1.54, 1.807) is 12.1 Å². The molecule has 0 aliphatic heterocycles. The zero-order valence-electron chi connectivity index (χ0n) is 12.9. The highest BCUT2D eigenvalue weighted by Gasteiger charge is 2.22. The summed E-state index contributed by atoms with van der Waals surface area (Å²) in [4.78, 5) is 14.1. The van der Waals surface area contributed by atoms with Crippen LogP contribution in [-0.4, -0.2) is 30.4 Å². The van der Waals surface area contributed by atoms with E-state index in [1.165, 1.54) is 31.4 Å². The average Bonchev–Trinajstić information content (AvgIpc) is 2.44. The molecule has 1 fully saturated rings. The largest absolute Gasteiger partial charge is 0.352 e. The predicted molar refractivity (Wildman–Crippen MR) is 82.3 cm³/mol. The SMILES string of the molecule is C[C@@H]1CCCC[C@H]1NC(=O)CN(C)Cc1ccc(F)cc1. The van der Waals surface area contributed by atoms with Crippen molar-refractivity contribution < 1.29 is 9.18 Å². The molecule has 21 heavy (non-hydrogen) atoms. The van der Waals surface area contributed by atoms with Crippen LogP contribution >= 0.6 is 0 Å². The summed E-state index contributed by atoms with van der Waals surface area (Å²) in [5, 5.41) is 3.15. The van der Waals surface area contributed by atoms with E-state index in [0.29, 0.717) is 25.0 Å². The topological polar surface area (TPSA) is 32.3 Å². The van der Waals surface area contributed by atoms with Gasteiger partial charge in [-0.3, -0.25) is 9.69 Å². The lowest BCUT2D eigenvalue weighted by Gasteiger charge is -2.30. The van der Waals surface area contributed by atoms with Gasteiger partial charge in [0.25, 0.3) is 0 Å². The van der Waals surface area contributed by atoms with E-state index >= 15 is 0 Å². The number of halogens is 1. The molecule has 0 unspecified atom stereocenters. The van der Waals surface area contributed by atoms with Crippen molar-refractivity contribution in [3.8, 4) is 0 Å². The second kappa shape index (κ2) is 7.55. The average molecular weight is 292 g/mol. The molecular weight excluding hydrogens is 267 g/mol. The van der Waals surface area contributed by atoms with Crippen molar-refractivity contribution in [2.24, 2.45) is 5.92 Å². The van der Waals surface area contributed by atoms with Gasteiger partial charge in [-0.1, -0.05) is 31.9 Å². The van der Waals surface area contributed by atoms with Crippen molar-refractivity contribution in [2.45, 2.75) is 45.2 Å². The minimum atomic E-state index is -0.231. The van der Waals surface area contributed by atoms with Crippen molar-refractivity contribution in [2.75, 3.05) is 13.6 Å². The first kappa shape index (κ1) is 16.0. The molecule has 1 aliphatic rings. The minimum absolute atomic E-state index is 0.0818. The fourth-order valence-corrected chi connectivity index (χ4v) is 2.99. The van der Waals surface area contributed by atoms with Crippen LogP contribution in [0.4, 0.5) is 4.39 Å². The normalized spacial score (nSPS) is 22.3. The number of carbonyl (C=O) groups is 1. The maximum atomic E-state index is 12.9. The summed E-state index contributed by atoms with van der Waals surface area (Å²) in [7, 11) is 1.91. The number of likely N-dealkylation sites (N-methyl/N-ethyl adjacent to an activating group) is 1. The molecule has 1 amide bonds. The van der Waals surface area contributed by atoms with Crippen molar-refractivity contribution in [3.05, 3.63) is 35.6 Å². The maximum Gasteiger partial charge on any atom is 0.234 e.